The fourth-order valence-electron chi connectivity index (χ4n) is 2.90. The van der Waals surface area contributed by atoms with Gasteiger partial charge in [0.1, 0.15) is 0 Å². The van der Waals surface area contributed by atoms with Crippen LogP contribution in [0.1, 0.15) is 24.2 Å². The van der Waals surface area contributed by atoms with Crippen LogP contribution in [0.2, 0.25) is 0 Å². The fraction of sp³-hybridized carbons (Fsp3) is 0.333. The molecule has 116 valence electrons. The number of amides is 2. The van der Waals surface area contributed by atoms with E-state index < -0.39 is 11.9 Å². The first-order valence-electron chi connectivity index (χ1n) is 7.24. The normalized spacial score (nSPS) is 20.5. The van der Waals surface area contributed by atoms with E-state index in [0.29, 0.717) is 6.42 Å². The first-order valence-corrected chi connectivity index (χ1v) is 7.24. The van der Waals surface area contributed by atoms with Crippen molar-refractivity contribution in [3.8, 4) is 0 Å². The number of carbonyl (C=O) groups is 2. The van der Waals surface area contributed by atoms with E-state index in [1.54, 1.807) is 0 Å². The second-order valence-electron chi connectivity index (χ2n) is 5.45. The summed E-state index contributed by atoms with van der Waals surface area (Å²) < 4.78 is 0. The molecular formula is C15H19N5O2. The Morgan fingerprint density at radius 3 is 2.86 bits per heavy atom. The molecule has 3 rings (SSSR count). The highest BCUT2D eigenvalue weighted by molar-refractivity contribution is 5.89. The molecule has 2 heterocycles. The molecule has 0 radical (unpaired) electrons. The maximum Gasteiger partial charge on any atom is 0.255 e. The number of carbonyl (C=O) groups excluding carboxylic acids is 2. The van der Waals surface area contributed by atoms with E-state index in [-0.39, 0.29) is 18.5 Å². The number of aromatic nitrogens is 1. The predicted octanol–water partition coefficient (Wildman–Crippen LogP) is -0.151. The van der Waals surface area contributed by atoms with Gasteiger partial charge < -0.3 is 10.7 Å². The van der Waals surface area contributed by atoms with Crippen LogP contribution in [-0.2, 0) is 16.0 Å². The van der Waals surface area contributed by atoms with Gasteiger partial charge in [0.2, 0.25) is 0 Å². The number of hydrazine groups is 1. The van der Waals surface area contributed by atoms with Gasteiger partial charge in [0.05, 0.1) is 12.6 Å². The molecule has 22 heavy (non-hydrogen) atoms. The first-order chi connectivity index (χ1) is 10.6. The molecule has 0 saturated heterocycles. The summed E-state index contributed by atoms with van der Waals surface area (Å²) in [6, 6.07) is 7.66. The van der Waals surface area contributed by atoms with Crippen LogP contribution >= 0.6 is 0 Å². The lowest BCUT2D eigenvalue weighted by molar-refractivity contribution is -0.129. The van der Waals surface area contributed by atoms with E-state index >= 15 is 0 Å². The van der Waals surface area contributed by atoms with Crippen LogP contribution in [-0.4, -0.2) is 29.4 Å². The summed E-state index contributed by atoms with van der Waals surface area (Å²) in [5.74, 6) is -0.699. The summed E-state index contributed by atoms with van der Waals surface area (Å²) in [6.07, 6.45) is 0.564. The number of hydrogen-bond acceptors (Lipinski definition) is 4. The molecule has 2 aromatic rings. The number of fused-ring (bicyclic) bond motifs is 3. The lowest BCUT2D eigenvalue weighted by Crippen LogP contribution is -2.54. The third-order valence-electron chi connectivity index (χ3n) is 3.97. The number of nitrogens with two attached hydrogens (primary N) is 1. The molecule has 0 spiro atoms. The summed E-state index contributed by atoms with van der Waals surface area (Å²) in [5.41, 5.74) is 13.2. The van der Waals surface area contributed by atoms with Crippen molar-refractivity contribution in [2.24, 2.45) is 5.73 Å². The van der Waals surface area contributed by atoms with Crippen molar-refractivity contribution in [2.45, 2.75) is 25.4 Å². The Morgan fingerprint density at radius 1 is 1.32 bits per heavy atom. The number of para-hydroxylation sites is 1. The topological polar surface area (TPSA) is 112 Å². The average Bonchev–Trinajstić information content (AvgIpc) is 2.91. The zero-order valence-corrected chi connectivity index (χ0v) is 12.3. The maximum atomic E-state index is 12.2. The third kappa shape index (κ3) is 2.56. The van der Waals surface area contributed by atoms with Crippen molar-refractivity contribution in [1.82, 2.24) is 21.2 Å². The molecule has 0 fully saturated rings. The van der Waals surface area contributed by atoms with Crippen molar-refractivity contribution in [3.63, 3.8) is 0 Å². The Kier molecular flexibility index (Phi) is 3.82. The highest BCUT2D eigenvalue weighted by Crippen LogP contribution is 2.31. The minimum atomic E-state index is -0.426. The van der Waals surface area contributed by atoms with Crippen LogP contribution in [0.5, 0.6) is 0 Å². The van der Waals surface area contributed by atoms with Gasteiger partial charge in [-0.25, -0.2) is 0 Å². The van der Waals surface area contributed by atoms with Crippen molar-refractivity contribution in [3.05, 3.63) is 35.5 Å². The summed E-state index contributed by atoms with van der Waals surface area (Å²) in [7, 11) is 0. The number of hydrogen-bond donors (Lipinski definition) is 5. The van der Waals surface area contributed by atoms with Gasteiger partial charge in [-0.1, -0.05) is 18.2 Å². The van der Waals surface area contributed by atoms with Gasteiger partial charge in [-0.2, -0.15) is 0 Å². The van der Waals surface area contributed by atoms with Crippen molar-refractivity contribution < 1.29 is 9.59 Å². The molecular weight excluding hydrogens is 282 g/mol. The minimum absolute atomic E-state index is 0.0251. The summed E-state index contributed by atoms with van der Waals surface area (Å²) in [5, 5.41) is 4.38. The number of aromatic amines is 1. The highest BCUT2D eigenvalue weighted by Gasteiger charge is 2.30. The maximum absolute atomic E-state index is 12.2. The van der Waals surface area contributed by atoms with Crippen molar-refractivity contribution in [2.75, 3.05) is 6.54 Å². The van der Waals surface area contributed by atoms with Gasteiger partial charge in [0, 0.05) is 22.6 Å². The Morgan fingerprint density at radius 2 is 2.09 bits per heavy atom. The SMILES string of the molecule is C[C@@H]1N[C@H](C(=O)NNC(=O)CN)Cc2c1[nH]c1ccccc21. The Bertz CT molecular complexity index is 724. The monoisotopic (exact) mass is 301 g/mol. The zero-order valence-electron chi connectivity index (χ0n) is 12.3. The standard InChI is InChI=1S/C15H19N5O2/c1-8-14-10(9-4-2-3-5-11(9)18-14)6-12(17-8)15(22)20-19-13(21)7-16/h2-5,8,12,17-18H,6-7,16H2,1H3,(H,19,21)(H,20,22)/t8-,12-/m0/s1. The second-order valence-corrected chi connectivity index (χ2v) is 5.45. The molecule has 0 aliphatic carbocycles. The lowest BCUT2D eigenvalue weighted by Gasteiger charge is -2.28. The van der Waals surface area contributed by atoms with E-state index in [0.717, 1.165) is 22.2 Å². The van der Waals surface area contributed by atoms with E-state index in [1.165, 1.54) is 0 Å². The van der Waals surface area contributed by atoms with Gasteiger partial charge in [-0.3, -0.25) is 25.8 Å². The molecule has 6 N–H and O–H groups in total. The molecule has 1 aromatic heterocycles. The van der Waals surface area contributed by atoms with Gasteiger partial charge in [-0.15, -0.1) is 0 Å². The molecule has 1 aliphatic heterocycles. The van der Waals surface area contributed by atoms with Crippen LogP contribution < -0.4 is 21.9 Å². The molecule has 2 atom stereocenters. The molecule has 0 saturated carbocycles. The summed E-state index contributed by atoms with van der Waals surface area (Å²) in [4.78, 5) is 26.7. The van der Waals surface area contributed by atoms with E-state index in [2.05, 4.69) is 21.2 Å². The minimum Gasteiger partial charge on any atom is -0.357 e. The molecule has 0 unspecified atom stereocenters. The Hall–Kier alpha value is -2.38. The molecule has 7 heteroatoms. The van der Waals surface area contributed by atoms with Gasteiger partial charge in [0.15, 0.2) is 0 Å². The number of benzene rings is 1. The van der Waals surface area contributed by atoms with Gasteiger partial charge in [0.25, 0.3) is 11.8 Å². The van der Waals surface area contributed by atoms with Crippen molar-refractivity contribution >= 4 is 22.7 Å². The van der Waals surface area contributed by atoms with E-state index in [9.17, 15) is 9.59 Å². The number of H-pyrrole nitrogens is 1. The number of rotatable bonds is 2. The van der Waals surface area contributed by atoms with Gasteiger partial charge >= 0.3 is 0 Å². The quantitative estimate of drug-likeness (QED) is 0.497. The van der Waals surface area contributed by atoms with Crippen LogP contribution in [0.15, 0.2) is 24.3 Å². The first kappa shape index (κ1) is 14.6. The fourth-order valence-corrected chi connectivity index (χ4v) is 2.90. The smallest absolute Gasteiger partial charge is 0.255 e. The molecule has 1 aliphatic rings. The molecule has 7 nitrogen and oxygen atoms in total. The second kappa shape index (κ2) is 5.78. The summed E-state index contributed by atoms with van der Waals surface area (Å²) >= 11 is 0. The van der Waals surface area contributed by atoms with Crippen molar-refractivity contribution in [1.29, 1.82) is 0 Å². The zero-order chi connectivity index (χ0) is 15.7. The third-order valence-corrected chi connectivity index (χ3v) is 3.97. The molecule has 0 bridgehead atoms. The predicted molar refractivity (Wildman–Crippen MR) is 82.7 cm³/mol. The average molecular weight is 301 g/mol. The van der Waals surface area contributed by atoms with Crippen LogP contribution in [0.3, 0.4) is 0 Å². The lowest BCUT2D eigenvalue weighted by atomic mass is 9.94. The molecule has 1 aromatic carbocycles. The number of nitrogens with one attached hydrogen (secondary N) is 4. The van der Waals surface area contributed by atoms with Gasteiger partial charge in [-0.05, 0) is 25.0 Å². The largest absolute Gasteiger partial charge is 0.357 e. The van der Waals surface area contributed by atoms with E-state index in [4.69, 9.17) is 5.73 Å². The van der Waals surface area contributed by atoms with Crippen LogP contribution in [0.4, 0.5) is 0 Å². The van der Waals surface area contributed by atoms with E-state index in [1.807, 2.05) is 31.2 Å². The molecule has 2 amide bonds. The Balaban J connectivity index is 1.81. The highest BCUT2D eigenvalue weighted by atomic mass is 16.2. The van der Waals surface area contributed by atoms with Crippen LogP contribution in [0, 0.1) is 0 Å². The van der Waals surface area contributed by atoms with Crippen LogP contribution in [0.25, 0.3) is 10.9 Å². The summed E-state index contributed by atoms with van der Waals surface area (Å²) in [6.45, 7) is 1.84. The Labute approximate surface area is 127 Å².